The van der Waals surface area contributed by atoms with Crippen LogP contribution in [0, 0.1) is 6.92 Å². The zero-order valence-corrected chi connectivity index (χ0v) is 11.3. The van der Waals surface area contributed by atoms with E-state index in [1.165, 1.54) is 12.1 Å². The van der Waals surface area contributed by atoms with E-state index in [0.717, 1.165) is 0 Å². The van der Waals surface area contributed by atoms with Crippen LogP contribution in [0.15, 0.2) is 34.9 Å². The van der Waals surface area contributed by atoms with E-state index < -0.39 is 18.5 Å². The summed E-state index contributed by atoms with van der Waals surface area (Å²) in [4.78, 5) is 23.1. The maximum atomic E-state index is 11.6. The van der Waals surface area contributed by atoms with Gasteiger partial charge in [-0.2, -0.15) is 0 Å². The molecule has 0 atom stereocenters. The topological polar surface area (TPSA) is 102 Å². The molecule has 0 bridgehead atoms. The van der Waals surface area contributed by atoms with E-state index in [0.29, 0.717) is 11.3 Å². The smallest absolute Gasteiger partial charge is 0.310 e. The average Bonchev–Trinajstić information content (AvgIpc) is 2.84. The third kappa shape index (κ3) is 4.64. The third-order valence-electron chi connectivity index (χ3n) is 2.54. The number of aryl methyl sites for hydroxylation is 1. The second kappa shape index (κ2) is 6.56. The van der Waals surface area contributed by atoms with Gasteiger partial charge >= 0.3 is 5.97 Å². The summed E-state index contributed by atoms with van der Waals surface area (Å²) in [5, 5.41) is 15.1. The Morgan fingerprint density at radius 2 is 2.05 bits per heavy atom. The predicted molar refractivity (Wildman–Crippen MR) is 72.6 cm³/mol. The average molecular weight is 290 g/mol. The first-order chi connectivity index (χ1) is 10.0. The molecule has 1 aromatic heterocycles. The number of aromatic hydroxyl groups is 1. The molecule has 2 N–H and O–H groups in total. The highest BCUT2D eigenvalue weighted by Gasteiger charge is 2.10. The Balaban J connectivity index is 1.75. The van der Waals surface area contributed by atoms with E-state index >= 15 is 0 Å². The highest BCUT2D eigenvalue weighted by molar-refractivity contribution is 5.92. The maximum absolute atomic E-state index is 11.6. The van der Waals surface area contributed by atoms with Crippen molar-refractivity contribution in [3.8, 4) is 5.75 Å². The summed E-state index contributed by atoms with van der Waals surface area (Å²) in [6.45, 7) is 1.29. The number of carbonyl (C=O) groups excluding carboxylic acids is 2. The molecule has 0 saturated heterocycles. The minimum absolute atomic E-state index is 0.0244. The number of nitrogens with zero attached hydrogens (tertiary/aromatic N) is 1. The van der Waals surface area contributed by atoms with Crippen molar-refractivity contribution in [1.82, 2.24) is 5.16 Å². The minimum atomic E-state index is -0.535. The molecule has 2 aromatic rings. The standard InChI is InChI=1S/C14H14N2O5/c1-9-6-12(16-21-9)15-13(18)8-20-14(19)7-10-2-4-11(17)5-3-10/h2-6,17H,7-8H2,1H3,(H,15,16,18). The molecule has 7 nitrogen and oxygen atoms in total. The highest BCUT2D eigenvalue weighted by Crippen LogP contribution is 2.10. The predicted octanol–water partition coefficient (Wildman–Crippen LogP) is 1.41. The molecule has 7 heteroatoms. The van der Waals surface area contributed by atoms with Gasteiger partial charge in [0.15, 0.2) is 12.4 Å². The lowest BCUT2D eigenvalue weighted by Crippen LogP contribution is -2.21. The number of phenolic OH excluding ortho intramolecular Hbond substituents is 1. The summed E-state index contributed by atoms with van der Waals surface area (Å²) >= 11 is 0. The number of rotatable bonds is 5. The number of anilines is 1. The van der Waals surface area contributed by atoms with Crippen molar-refractivity contribution >= 4 is 17.7 Å². The molecule has 0 aliphatic rings. The Hall–Kier alpha value is -2.83. The first-order valence-electron chi connectivity index (χ1n) is 6.19. The number of ether oxygens (including phenoxy) is 1. The largest absolute Gasteiger partial charge is 0.508 e. The van der Waals surface area contributed by atoms with Crippen molar-refractivity contribution in [1.29, 1.82) is 0 Å². The van der Waals surface area contributed by atoms with Crippen LogP contribution < -0.4 is 5.32 Å². The first kappa shape index (κ1) is 14.6. The van der Waals surface area contributed by atoms with Crippen molar-refractivity contribution < 1.29 is 24.0 Å². The second-order valence-electron chi connectivity index (χ2n) is 4.37. The molecular weight excluding hydrogens is 276 g/mol. The van der Waals surface area contributed by atoms with Crippen LogP contribution in [0.4, 0.5) is 5.82 Å². The molecular formula is C14H14N2O5. The Morgan fingerprint density at radius 1 is 1.33 bits per heavy atom. The van der Waals surface area contributed by atoms with Crippen molar-refractivity contribution in [2.24, 2.45) is 0 Å². The van der Waals surface area contributed by atoms with Crippen molar-refractivity contribution in [3.05, 3.63) is 41.7 Å². The van der Waals surface area contributed by atoms with Gasteiger partial charge in [0.2, 0.25) is 0 Å². The van der Waals surface area contributed by atoms with E-state index in [4.69, 9.17) is 14.4 Å². The molecule has 0 aliphatic heterocycles. The van der Waals surface area contributed by atoms with Gasteiger partial charge < -0.3 is 19.7 Å². The van der Waals surface area contributed by atoms with Gasteiger partial charge in [-0.1, -0.05) is 17.3 Å². The van der Waals surface area contributed by atoms with Crippen LogP contribution in [-0.2, 0) is 20.7 Å². The summed E-state index contributed by atoms with van der Waals surface area (Å²) in [6, 6.07) is 7.71. The zero-order valence-electron chi connectivity index (χ0n) is 11.3. The van der Waals surface area contributed by atoms with Crippen molar-refractivity contribution in [2.45, 2.75) is 13.3 Å². The fraction of sp³-hybridized carbons (Fsp3) is 0.214. The Labute approximate surface area is 120 Å². The maximum Gasteiger partial charge on any atom is 0.310 e. The molecule has 0 radical (unpaired) electrons. The molecule has 0 spiro atoms. The molecule has 2 rings (SSSR count). The number of benzene rings is 1. The fourth-order valence-corrected chi connectivity index (χ4v) is 1.58. The van der Waals surface area contributed by atoms with Crippen LogP contribution in [0.1, 0.15) is 11.3 Å². The lowest BCUT2D eigenvalue weighted by Gasteiger charge is -2.04. The van der Waals surface area contributed by atoms with E-state index in [1.54, 1.807) is 25.1 Å². The van der Waals surface area contributed by atoms with Gasteiger partial charge in [-0.3, -0.25) is 9.59 Å². The van der Waals surface area contributed by atoms with E-state index in [1.807, 2.05) is 0 Å². The Bertz CT molecular complexity index is 633. The van der Waals surface area contributed by atoms with Gasteiger partial charge in [-0.15, -0.1) is 0 Å². The van der Waals surface area contributed by atoms with Gasteiger partial charge in [0.25, 0.3) is 5.91 Å². The van der Waals surface area contributed by atoms with Gasteiger partial charge in [-0.05, 0) is 24.6 Å². The lowest BCUT2D eigenvalue weighted by atomic mass is 10.1. The number of esters is 1. The molecule has 0 aliphatic carbocycles. The highest BCUT2D eigenvalue weighted by atomic mass is 16.5. The lowest BCUT2D eigenvalue weighted by molar-refractivity contribution is -0.146. The minimum Gasteiger partial charge on any atom is -0.508 e. The SMILES string of the molecule is Cc1cc(NC(=O)COC(=O)Cc2ccc(O)cc2)no1. The van der Waals surface area contributed by atoms with Crippen LogP contribution in [0.25, 0.3) is 0 Å². The van der Waals surface area contributed by atoms with Gasteiger partial charge in [0.05, 0.1) is 6.42 Å². The molecule has 110 valence electrons. The Kier molecular flexibility index (Phi) is 4.55. The molecule has 21 heavy (non-hydrogen) atoms. The van der Waals surface area contributed by atoms with Gasteiger partial charge in [-0.25, -0.2) is 0 Å². The summed E-state index contributed by atoms with van der Waals surface area (Å²) < 4.78 is 9.63. The monoisotopic (exact) mass is 290 g/mol. The summed E-state index contributed by atoms with van der Waals surface area (Å²) in [5.74, 6) is -0.0781. The van der Waals surface area contributed by atoms with Crippen molar-refractivity contribution in [2.75, 3.05) is 11.9 Å². The summed E-state index contributed by atoms with van der Waals surface area (Å²) in [6.07, 6.45) is 0.0244. The number of carbonyl (C=O) groups is 2. The normalized spacial score (nSPS) is 10.1. The molecule has 1 heterocycles. The zero-order chi connectivity index (χ0) is 15.2. The quantitative estimate of drug-likeness (QED) is 0.807. The number of hydrogen-bond donors (Lipinski definition) is 2. The summed E-state index contributed by atoms with van der Waals surface area (Å²) in [5.41, 5.74) is 0.685. The first-order valence-corrected chi connectivity index (χ1v) is 6.19. The number of amides is 1. The number of nitrogens with one attached hydrogen (secondary N) is 1. The third-order valence-corrected chi connectivity index (χ3v) is 2.54. The van der Waals surface area contributed by atoms with E-state index in [2.05, 4.69) is 10.5 Å². The van der Waals surface area contributed by atoms with E-state index in [9.17, 15) is 9.59 Å². The van der Waals surface area contributed by atoms with Gasteiger partial charge in [0, 0.05) is 6.07 Å². The van der Waals surface area contributed by atoms with Crippen LogP contribution in [0.2, 0.25) is 0 Å². The number of aromatic nitrogens is 1. The van der Waals surface area contributed by atoms with E-state index in [-0.39, 0.29) is 18.0 Å². The van der Waals surface area contributed by atoms with Crippen LogP contribution in [-0.4, -0.2) is 28.7 Å². The number of hydrogen-bond acceptors (Lipinski definition) is 6. The summed E-state index contributed by atoms with van der Waals surface area (Å²) in [7, 11) is 0. The number of phenols is 1. The molecule has 1 amide bonds. The van der Waals surface area contributed by atoms with Crippen LogP contribution in [0.3, 0.4) is 0 Å². The molecule has 1 aromatic carbocycles. The molecule has 0 fully saturated rings. The Morgan fingerprint density at radius 3 is 2.67 bits per heavy atom. The van der Waals surface area contributed by atoms with Crippen LogP contribution in [0.5, 0.6) is 5.75 Å². The van der Waals surface area contributed by atoms with Crippen molar-refractivity contribution in [3.63, 3.8) is 0 Å². The second-order valence-corrected chi connectivity index (χ2v) is 4.37. The van der Waals surface area contributed by atoms with Crippen LogP contribution >= 0.6 is 0 Å². The van der Waals surface area contributed by atoms with Gasteiger partial charge in [0.1, 0.15) is 11.5 Å². The fourth-order valence-electron chi connectivity index (χ4n) is 1.58. The molecule has 0 saturated carbocycles. The molecule has 0 unspecified atom stereocenters.